The molecular weight excluding hydrogens is 937 g/mol. The fourth-order valence-electron chi connectivity index (χ4n) is 10.3. The first-order valence-corrected chi connectivity index (χ1v) is 34.0. The van der Waals surface area contributed by atoms with Crippen LogP contribution >= 0.6 is 0 Å². The normalized spacial score (nSPS) is 12.2. The largest absolute Gasteiger partial charge is 0.462 e. The zero-order valence-electron chi connectivity index (χ0n) is 51.3. The summed E-state index contributed by atoms with van der Waals surface area (Å²) in [6.07, 6.45) is 80.3. The van der Waals surface area contributed by atoms with Crippen LogP contribution < -0.4 is 0 Å². The molecule has 446 valence electrons. The van der Waals surface area contributed by atoms with E-state index < -0.39 is 6.10 Å². The van der Waals surface area contributed by atoms with Crippen molar-refractivity contribution in [2.24, 2.45) is 0 Å². The molecule has 0 saturated heterocycles. The highest BCUT2D eigenvalue weighted by Crippen LogP contribution is 2.18. The molecule has 0 saturated carbocycles. The topological polar surface area (TPSA) is 78.9 Å². The number of carbonyl (C=O) groups excluding carboxylic acids is 3. The van der Waals surface area contributed by atoms with E-state index in [4.69, 9.17) is 14.2 Å². The zero-order chi connectivity index (χ0) is 55.0. The van der Waals surface area contributed by atoms with E-state index >= 15 is 0 Å². The number of unbranched alkanes of at least 4 members (excludes halogenated alkanes) is 46. The number of hydrogen-bond acceptors (Lipinski definition) is 6. The first-order chi connectivity index (χ1) is 37.5. The maximum atomic E-state index is 12.9. The van der Waals surface area contributed by atoms with E-state index in [2.05, 4.69) is 57.2 Å². The Hall–Kier alpha value is -2.37. The second-order valence-corrected chi connectivity index (χ2v) is 23.1. The van der Waals surface area contributed by atoms with Gasteiger partial charge in [-0.2, -0.15) is 0 Å². The molecule has 0 heterocycles. The molecule has 76 heavy (non-hydrogen) atoms. The highest BCUT2D eigenvalue weighted by molar-refractivity contribution is 5.71. The van der Waals surface area contributed by atoms with Crippen molar-refractivity contribution in [3.05, 3.63) is 36.5 Å². The molecule has 1 unspecified atom stereocenters. The van der Waals surface area contributed by atoms with Gasteiger partial charge in [0, 0.05) is 19.3 Å². The van der Waals surface area contributed by atoms with Crippen molar-refractivity contribution in [1.29, 1.82) is 0 Å². The monoisotopic (exact) mass is 1070 g/mol. The Morgan fingerprint density at radius 1 is 0.263 bits per heavy atom. The van der Waals surface area contributed by atoms with E-state index in [0.717, 1.165) is 77.0 Å². The minimum atomic E-state index is -0.776. The first-order valence-electron chi connectivity index (χ1n) is 34.0. The first kappa shape index (κ1) is 73.6. The molecule has 6 heteroatoms. The Kier molecular flexibility index (Phi) is 63.1. The number of esters is 3. The van der Waals surface area contributed by atoms with E-state index in [0.29, 0.717) is 19.3 Å². The molecule has 0 aromatic rings. The lowest BCUT2D eigenvalue weighted by Crippen LogP contribution is -2.30. The van der Waals surface area contributed by atoms with Crippen LogP contribution in [-0.4, -0.2) is 37.2 Å². The lowest BCUT2D eigenvalue weighted by molar-refractivity contribution is -0.167. The molecule has 0 bridgehead atoms. The highest BCUT2D eigenvalue weighted by Gasteiger charge is 2.19. The van der Waals surface area contributed by atoms with Crippen LogP contribution in [0.15, 0.2) is 36.5 Å². The maximum Gasteiger partial charge on any atom is 0.306 e. The molecule has 0 radical (unpaired) electrons. The van der Waals surface area contributed by atoms with Gasteiger partial charge < -0.3 is 14.2 Å². The van der Waals surface area contributed by atoms with E-state index in [1.807, 2.05) is 0 Å². The van der Waals surface area contributed by atoms with Gasteiger partial charge >= 0.3 is 17.9 Å². The lowest BCUT2D eigenvalue weighted by Gasteiger charge is -2.18. The summed E-state index contributed by atoms with van der Waals surface area (Å²) in [6, 6.07) is 0. The van der Waals surface area contributed by atoms with Crippen molar-refractivity contribution in [2.75, 3.05) is 13.2 Å². The van der Waals surface area contributed by atoms with Crippen LogP contribution in [0.5, 0.6) is 0 Å². The minimum absolute atomic E-state index is 0.0724. The van der Waals surface area contributed by atoms with Gasteiger partial charge in [0.15, 0.2) is 6.10 Å². The van der Waals surface area contributed by atoms with E-state index in [9.17, 15) is 14.4 Å². The summed E-state index contributed by atoms with van der Waals surface area (Å²) in [6.45, 7) is 6.67. The molecule has 0 aliphatic rings. The second kappa shape index (κ2) is 65.2. The summed E-state index contributed by atoms with van der Waals surface area (Å²) in [5.74, 6) is -0.862. The maximum absolute atomic E-state index is 12.9. The van der Waals surface area contributed by atoms with Crippen LogP contribution in [-0.2, 0) is 28.6 Å². The van der Waals surface area contributed by atoms with Crippen molar-refractivity contribution in [1.82, 2.24) is 0 Å². The summed E-state index contributed by atoms with van der Waals surface area (Å²) in [5, 5.41) is 0. The Labute approximate surface area is 474 Å². The highest BCUT2D eigenvalue weighted by atomic mass is 16.6. The Balaban J connectivity index is 4.17. The van der Waals surface area contributed by atoms with Gasteiger partial charge in [0.25, 0.3) is 0 Å². The third-order valence-corrected chi connectivity index (χ3v) is 15.4. The molecule has 0 rings (SSSR count). The third-order valence-electron chi connectivity index (χ3n) is 15.4. The molecular formula is C70H130O6. The SMILES string of the molecule is CCCCCCC/C=C\C/C=C\C/C=C\CCCCCCCCC(=O)OC(COC(=O)CCCCCCCCCCCC)COC(=O)CCCCCCCCCCCCCCCCCCCCCCCCCCCCC. The number of allylic oxidation sites excluding steroid dienone is 6. The van der Waals surface area contributed by atoms with Gasteiger partial charge in [-0.25, -0.2) is 0 Å². The summed E-state index contributed by atoms with van der Waals surface area (Å²) >= 11 is 0. The van der Waals surface area contributed by atoms with Crippen molar-refractivity contribution < 1.29 is 28.6 Å². The van der Waals surface area contributed by atoms with Crippen molar-refractivity contribution in [3.8, 4) is 0 Å². The second-order valence-electron chi connectivity index (χ2n) is 23.1. The van der Waals surface area contributed by atoms with Gasteiger partial charge in [0.1, 0.15) is 13.2 Å². The summed E-state index contributed by atoms with van der Waals surface area (Å²) in [5.41, 5.74) is 0. The smallest absolute Gasteiger partial charge is 0.306 e. The van der Waals surface area contributed by atoms with Crippen LogP contribution in [0.1, 0.15) is 374 Å². The summed E-state index contributed by atoms with van der Waals surface area (Å²) < 4.78 is 16.9. The van der Waals surface area contributed by atoms with Crippen LogP contribution in [0, 0.1) is 0 Å². The number of rotatable bonds is 63. The van der Waals surface area contributed by atoms with Gasteiger partial charge in [-0.15, -0.1) is 0 Å². The van der Waals surface area contributed by atoms with Crippen LogP contribution in [0.4, 0.5) is 0 Å². The molecule has 0 aromatic carbocycles. The zero-order valence-corrected chi connectivity index (χ0v) is 51.3. The summed E-state index contributed by atoms with van der Waals surface area (Å²) in [4.78, 5) is 38.3. The van der Waals surface area contributed by atoms with Crippen LogP contribution in [0.25, 0.3) is 0 Å². The fourth-order valence-corrected chi connectivity index (χ4v) is 10.3. The molecule has 0 aliphatic heterocycles. The van der Waals surface area contributed by atoms with Gasteiger partial charge in [-0.3, -0.25) is 14.4 Å². The standard InChI is InChI=1S/C70H130O6/c1-4-7-10-13-16-19-22-24-26-28-30-32-33-34-35-36-37-39-40-42-44-46-48-51-54-57-60-63-69(72)75-66-67(65-74-68(71)62-59-56-53-50-21-18-15-12-9-6-3)76-70(73)64-61-58-55-52-49-47-45-43-41-38-31-29-27-25-23-20-17-14-11-8-5-2/h23,25,29,31,41,43,67H,4-22,24,26-28,30,32-40,42,44-66H2,1-3H3/b25-23-,31-29-,43-41-. The average molecular weight is 1070 g/mol. The van der Waals surface area contributed by atoms with Crippen molar-refractivity contribution >= 4 is 17.9 Å². The molecule has 0 aromatic heterocycles. The van der Waals surface area contributed by atoms with E-state index in [-0.39, 0.29) is 31.1 Å². The number of hydrogen-bond donors (Lipinski definition) is 0. The van der Waals surface area contributed by atoms with Gasteiger partial charge in [-0.05, 0) is 57.8 Å². The lowest BCUT2D eigenvalue weighted by atomic mass is 10.0. The van der Waals surface area contributed by atoms with Crippen LogP contribution in [0.3, 0.4) is 0 Å². The van der Waals surface area contributed by atoms with Crippen molar-refractivity contribution in [3.63, 3.8) is 0 Å². The van der Waals surface area contributed by atoms with E-state index in [1.165, 1.54) is 257 Å². The Bertz CT molecular complexity index is 1270. The average Bonchev–Trinajstić information content (AvgIpc) is 3.42. The predicted molar refractivity (Wildman–Crippen MR) is 330 cm³/mol. The van der Waals surface area contributed by atoms with Gasteiger partial charge in [0.2, 0.25) is 0 Å². The molecule has 0 aliphatic carbocycles. The van der Waals surface area contributed by atoms with Gasteiger partial charge in [0.05, 0.1) is 0 Å². The number of ether oxygens (including phenoxy) is 3. The van der Waals surface area contributed by atoms with Crippen LogP contribution in [0.2, 0.25) is 0 Å². The molecule has 6 nitrogen and oxygen atoms in total. The number of carbonyl (C=O) groups is 3. The molecule has 0 spiro atoms. The molecule has 0 N–H and O–H groups in total. The fraction of sp³-hybridized carbons (Fsp3) is 0.871. The third kappa shape index (κ3) is 62.5. The van der Waals surface area contributed by atoms with Crippen molar-refractivity contribution in [2.45, 2.75) is 380 Å². The molecule has 1 atom stereocenters. The Morgan fingerprint density at radius 2 is 0.474 bits per heavy atom. The summed E-state index contributed by atoms with van der Waals surface area (Å²) in [7, 11) is 0. The Morgan fingerprint density at radius 3 is 0.737 bits per heavy atom. The molecule has 0 fully saturated rings. The predicted octanol–water partition coefficient (Wildman–Crippen LogP) is 23.2. The van der Waals surface area contributed by atoms with Gasteiger partial charge in [-0.1, -0.05) is 333 Å². The van der Waals surface area contributed by atoms with E-state index in [1.54, 1.807) is 0 Å². The molecule has 0 amide bonds. The minimum Gasteiger partial charge on any atom is -0.462 e. The quantitative estimate of drug-likeness (QED) is 0.0261.